The Labute approximate surface area is 131 Å². The molecule has 0 saturated carbocycles. The van der Waals surface area contributed by atoms with Crippen LogP contribution in [0.2, 0.25) is 0 Å². The Bertz CT molecular complexity index is 425. The Morgan fingerprint density at radius 1 is 1.09 bits per heavy atom. The van der Waals surface area contributed by atoms with Crippen molar-refractivity contribution in [3.05, 3.63) is 29.8 Å². The standard InChI is InChI=1S/C16H25NO5/c1-3-22-16(18)14-5-4-6-15(13-14)17-7-8-20-11-12-21-10-9-19-2/h4-6,13,17H,3,7-12H2,1-2H3. The van der Waals surface area contributed by atoms with Gasteiger partial charge in [-0.2, -0.15) is 0 Å². The number of esters is 1. The largest absolute Gasteiger partial charge is 0.462 e. The number of nitrogens with one attached hydrogen (secondary N) is 1. The lowest BCUT2D eigenvalue weighted by Gasteiger charge is -2.09. The van der Waals surface area contributed by atoms with E-state index < -0.39 is 0 Å². The molecule has 0 bridgehead atoms. The number of anilines is 1. The van der Waals surface area contributed by atoms with Crippen molar-refractivity contribution in [3.63, 3.8) is 0 Å². The molecule has 1 aromatic carbocycles. The van der Waals surface area contributed by atoms with E-state index in [4.69, 9.17) is 18.9 Å². The minimum atomic E-state index is -0.310. The van der Waals surface area contributed by atoms with Gasteiger partial charge in [-0.3, -0.25) is 0 Å². The van der Waals surface area contributed by atoms with Crippen molar-refractivity contribution in [2.24, 2.45) is 0 Å². The highest BCUT2D eigenvalue weighted by atomic mass is 16.5. The molecule has 1 rings (SSSR count). The smallest absolute Gasteiger partial charge is 0.338 e. The molecule has 0 unspecified atom stereocenters. The van der Waals surface area contributed by atoms with Gasteiger partial charge in [0.1, 0.15) is 0 Å². The summed E-state index contributed by atoms with van der Waals surface area (Å²) in [5.41, 5.74) is 1.41. The topological polar surface area (TPSA) is 66.0 Å². The quantitative estimate of drug-likeness (QED) is 0.470. The minimum absolute atomic E-state index is 0.310. The van der Waals surface area contributed by atoms with Crippen LogP contribution in [-0.2, 0) is 18.9 Å². The van der Waals surface area contributed by atoms with Crippen LogP contribution in [0.1, 0.15) is 17.3 Å². The molecule has 0 aliphatic carbocycles. The van der Waals surface area contributed by atoms with Gasteiger partial charge in [0.25, 0.3) is 0 Å². The normalized spacial score (nSPS) is 10.5. The van der Waals surface area contributed by atoms with Gasteiger partial charge in [-0.1, -0.05) is 6.07 Å². The third kappa shape index (κ3) is 7.97. The number of hydrogen-bond donors (Lipinski definition) is 1. The van der Waals surface area contributed by atoms with Gasteiger partial charge in [0, 0.05) is 19.3 Å². The first kappa shape index (κ1) is 18.4. The van der Waals surface area contributed by atoms with Crippen LogP contribution < -0.4 is 5.32 Å². The molecule has 0 aromatic heterocycles. The maximum absolute atomic E-state index is 11.6. The molecule has 0 heterocycles. The number of methoxy groups -OCH3 is 1. The van der Waals surface area contributed by atoms with E-state index >= 15 is 0 Å². The Morgan fingerprint density at radius 3 is 2.55 bits per heavy atom. The van der Waals surface area contributed by atoms with E-state index in [1.807, 2.05) is 12.1 Å². The molecule has 6 heteroatoms. The van der Waals surface area contributed by atoms with Gasteiger partial charge in [-0.25, -0.2) is 4.79 Å². The molecule has 0 spiro atoms. The van der Waals surface area contributed by atoms with Gasteiger partial charge in [0.15, 0.2) is 0 Å². The van der Waals surface area contributed by atoms with Crippen molar-refractivity contribution in [1.82, 2.24) is 0 Å². The van der Waals surface area contributed by atoms with E-state index in [1.54, 1.807) is 26.2 Å². The van der Waals surface area contributed by atoms with Crippen LogP contribution in [0.15, 0.2) is 24.3 Å². The first-order valence-corrected chi connectivity index (χ1v) is 7.43. The third-order valence-corrected chi connectivity index (χ3v) is 2.75. The first-order valence-electron chi connectivity index (χ1n) is 7.43. The van der Waals surface area contributed by atoms with Crippen molar-refractivity contribution in [1.29, 1.82) is 0 Å². The number of rotatable bonds is 12. The van der Waals surface area contributed by atoms with E-state index in [2.05, 4.69) is 5.32 Å². The van der Waals surface area contributed by atoms with Crippen molar-refractivity contribution in [2.45, 2.75) is 6.92 Å². The molecule has 0 amide bonds. The number of hydrogen-bond acceptors (Lipinski definition) is 6. The predicted molar refractivity (Wildman–Crippen MR) is 84.4 cm³/mol. The monoisotopic (exact) mass is 311 g/mol. The van der Waals surface area contributed by atoms with Crippen LogP contribution in [0.5, 0.6) is 0 Å². The molecule has 0 aliphatic heterocycles. The average Bonchev–Trinajstić information content (AvgIpc) is 2.54. The Kier molecular flexibility index (Phi) is 10.0. The van der Waals surface area contributed by atoms with Gasteiger partial charge < -0.3 is 24.3 Å². The lowest BCUT2D eigenvalue weighted by atomic mass is 10.2. The SMILES string of the molecule is CCOC(=O)c1cccc(NCCOCCOCCOC)c1. The average molecular weight is 311 g/mol. The second kappa shape index (κ2) is 12.0. The molecule has 0 atom stereocenters. The second-order valence-corrected chi connectivity index (χ2v) is 4.45. The highest BCUT2D eigenvalue weighted by molar-refractivity contribution is 5.90. The summed E-state index contributed by atoms with van der Waals surface area (Å²) in [5.74, 6) is -0.310. The van der Waals surface area contributed by atoms with Crippen LogP contribution in [0.25, 0.3) is 0 Å². The van der Waals surface area contributed by atoms with Gasteiger partial charge in [-0.05, 0) is 25.1 Å². The zero-order valence-electron chi connectivity index (χ0n) is 13.3. The summed E-state index contributed by atoms with van der Waals surface area (Å²) < 4.78 is 20.5. The summed E-state index contributed by atoms with van der Waals surface area (Å²) in [6, 6.07) is 7.22. The van der Waals surface area contributed by atoms with Crippen molar-refractivity contribution >= 4 is 11.7 Å². The van der Waals surface area contributed by atoms with Gasteiger partial charge in [0.05, 0.1) is 45.2 Å². The molecular weight excluding hydrogens is 286 g/mol. The van der Waals surface area contributed by atoms with Crippen molar-refractivity contribution in [2.75, 3.05) is 58.6 Å². The van der Waals surface area contributed by atoms with Crippen LogP contribution >= 0.6 is 0 Å². The van der Waals surface area contributed by atoms with Gasteiger partial charge in [-0.15, -0.1) is 0 Å². The molecule has 124 valence electrons. The molecule has 0 saturated heterocycles. The molecule has 0 fully saturated rings. The Balaban J connectivity index is 2.14. The second-order valence-electron chi connectivity index (χ2n) is 4.45. The highest BCUT2D eigenvalue weighted by Crippen LogP contribution is 2.11. The molecule has 0 radical (unpaired) electrons. The van der Waals surface area contributed by atoms with Crippen LogP contribution in [0.4, 0.5) is 5.69 Å². The molecule has 1 aromatic rings. The maximum Gasteiger partial charge on any atom is 0.338 e. The summed E-state index contributed by atoms with van der Waals surface area (Å²) in [5, 5.41) is 3.20. The van der Waals surface area contributed by atoms with E-state index in [-0.39, 0.29) is 5.97 Å². The highest BCUT2D eigenvalue weighted by Gasteiger charge is 2.06. The fourth-order valence-electron chi connectivity index (χ4n) is 1.70. The zero-order chi connectivity index (χ0) is 16.0. The molecule has 1 N–H and O–H groups in total. The molecule has 0 aliphatic rings. The zero-order valence-corrected chi connectivity index (χ0v) is 13.3. The van der Waals surface area contributed by atoms with Gasteiger partial charge in [0.2, 0.25) is 0 Å². The summed E-state index contributed by atoms with van der Waals surface area (Å²) >= 11 is 0. The lowest BCUT2D eigenvalue weighted by molar-refractivity contribution is 0.0272. The van der Waals surface area contributed by atoms with E-state index in [0.717, 1.165) is 5.69 Å². The first-order chi connectivity index (χ1) is 10.8. The fourth-order valence-corrected chi connectivity index (χ4v) is 1.70. The number of carbonyl (C=O) groups excluding carboxylic acids is 1. The lowest BCUT2D eigenvalue weighted by Crippen LogP contribution is -2.14. The third-order valence-electron chi connectivity index (χ3n) is 2.75. The number of carbonyl (C=O) groups is 1. The predicted octanol–water partition coefficient (Wildman–Crippen LogP) is 1.95. The van der Waals surface area contributed by atoms with Crippen LogP contribution in [0, 0.1) is 0 Å². The maximum atomic E-state index is 11.6. The Hall–Kier alpha value is -1.63. The Morgan fingerprint density at radius 2 is 1.82 bits per heavy atom. The summed E-state index contributed by atoms with van der Waals surface area (Å²) in [4.78, 5) is 11.6. The van der Waals surface area contributed by atoms with Crippen LogP contribution in [0.3, 0.4) is 0 Å². The van der Waals surface area contributed by atoms with E-state index in [9.17, 15) is 4.79 Å². The summed E-state index contributed by atoms with van der Waals surface area (Å²) in [6.07, 6.45) is 0. The summed E-state index contributed by atoms with van der Waals surface area (Å²) in [6.45, 7) is 5.67. The minimum Gasteiger partial charge on any atom is -0.462 e. The fraction of sp³-hybridized carbons (Fsp3) is 0.562. The van der Waals surface area contributed by atoms with E-state index in [0.29, 0.717) is 51.7 Å². The van der Waals surface area contributed by atoms with Crippen molar-refractivity contribution in [3.8, 4) is 0 Å². The number of ether oxygens (including phenoxy) is 4. The van der Waals surface area contributed by atoms with Crippen molar-refractivity contribution < 1.29 is 23.7 Å². The molecular formula is C16H25NO5. The van der Waals surface area contributed by atoms with E-state index in [1.165, 1.54) is 0 Å². The molecule has 6 nitrogen and oxygen atoms in total. The van der Waals surface area contributed by atoms with Gasteiger partial charge >= 0.3 is 5.97 Å². The number of benzene rings is 1. The summed E-state index contributed by atoms with van der Waals surface area (Å²) in [7, 11) is 1.64. The van der Waals surface area contributed by atoms with Crippen LogP contribution in [-0.4, -0.2) is 59.3 Å². The molecule has 22 heavy (non-hydrogen) atoms.